The molecule has 0 aromatic heterocycles. The number of nitrogens with one attached hydrogen (secondary N) is 1. The maximum absolute atomic E-state index is 13.0. The van der Waals surface area contributed by atoms with E-state index in [4.69, 9.17) is 16.3 Å². The molecule has 1 saturated heterocycles. The Bertz CT molecular complexity index is 1050. The van der Waals surface area contributed by atoms with Crippen LogP contribution in [0.5, 0.6) is 0 Å². The zero-order valence-corrected chi connectivity index (χ0v) is 18.8. The minimum atomic E-state index is -3.62. The topological polar surface area (TPSA) is 79.0 Å². The second-order valence-corrected chi connectivity index (χ2v) is 9.92. The number of anilines is 1. The Morgan fingerprint density at radius 1 is 1.10 bits per heavy atom. The van der Waals surface area contributed by atoms with Crippen LogP contribution in [0.1, 0.15) is 22.3 Å². The SMILES string of the molecule is O=C(c1cccc(Cl)c1)N1CCCc2cc(S(=O)(=O)NCCN3CCOCC3)ccc21. The van der Waals surface area contributed by atoms with Gasteiger partial charge in [-0.3, -0.25) is 9.69 Å². The van der Waals surface area contributed by atoms with Crippen LogP contribution in [-0.4, -0.2) is 65.2 Å². The third kappa shape index (κ3) is 5.27. The van der Waals surface area contributed by atoms with Gasteiger partial charge >= 0.3 is 0 Å². The highest BCUT2D eigenvalue weighted by molar-refractivity contribution is 7.89. The van der Waals surface area contributed by atoms with Crippen molar-refractivity contribution in [3.63, 3.8) is 0 Å². The maximum Gasteiger partial charge on any atom is 0.258 e. The first-order valence-electron chi connectivity index (χ1n) is 10.4. The van der Waals surface area contributed by atoms with Crippen molar-refractivity contribution >= 4 is 33.2 Å². The quantitative estimate of drug-likeness (QED) is 0.712. The van der Waals surface area contributed by atoms with Crippen molar-refractivity contribution in [1.29, 1.82) is 0 Å². The van der Waals surface area contributed by atoms with E-state index in [-0.39, 0.29) is 10.8 Å². The summed E-state index contributed by atoms with van der Waals surface area (Å²) in [6, 6.07) is 11.8. The molecular formula is C22H26ClN3O4S. The monoisotopic (exact) mass is 463 g/mol. The number of carbonyl (C=O) groups excluding carboxylic acids is 1. The van der Waals surface area contributed by atoms with Crippen molar-refractivity contribution in [2.45, 2.75) is 17.7 Å². The van der Waals surface area contributed by atoms with Crippen molar-refractivity contribution in [3.8, 4) is 0 Å². The average molecular weight is 464 g/mol. The van der Waals surface area contributed by atoms with Gasteiger partial charge in [-0.05, 0) is 54.8 Å². The Morgan fingerprint density at radius 3 is 2.68 bits per heavy atom. The van der Waals surface area contributed by atoms with Crippen LogP contribution in [0, 0.1) is 0 Å². The minimum absolute atomic E-state index is 0.136. The zero-order chi connectivity index (χ0) is 21.8. The number of hydrogen-bond donors (Lipinski definition) is 1. The lowest BCUT2D eigenvalue weighted by molar-refractivity contribution is 0.0390. The number of amides is 1. The lowest BCUT2D eigenvalue weighted by Gasteiger charge is -2.30. The normalized spacial score (nSPS) is 17.4. The first-order chi connectivity index (χ1) is 14.9. The van der Waals surface area contributed by atoms with Gasteiger partial charge in [-0.2, -0.15) is 0 Å². The van der Waals surface area contributed by atoms with Crippen LogP contribution < -0.4 is 9.62 Å². The highest BCUT2D eigenvalue weighted by atomic mass is 35.5. The third-order valence-corrected chi connectivity index (χ3v) is 7.31. The van der Waals surface area contributed by atoms with Gasteiger partial charge in [0, 0.05) is 49.0 Å². The molecule has 1 fully saturated rings. The van der Waals surface area contributed by atoms with Gasteiger partial charge in [-0.15, -0.1) is 0 Å². The Hall–Kier alpha value is -1.97. The van der Waals surface area contributed by atoms with E-state index in [1.807, 2.05) is 0 Å². The smallest absolute Gasteiger partial charge is 0.258 e. The van der Waals surface area contributed by atoms with Crippen molar-refractivity contribution in [3.05, 3.63) is 58.6 Å². The number of morpholine rings is 1. The van der Waals surface area contributed by atoms with E-state index in [9.17, 15) is 13.2 Å². The summed E-state index contributed by atoms with van der Waals surface area (Å²) in [6.45, 7) is 4.58. The van der Waals surface area contributed by atoms with Gasteiger partial charge in [0.1, 0.15) is 0 Å². The summed E-state index contributed by atoms with van der Waals surface area (Å²) in [6.07, 6.45) is 1.50. The van der Waals surface area contributed by atoms with Gasteiger partial charge in [0.05, 0.1) is 18.1 Å². The molecule has 2 aliphatic heterocycles. The molecule has 7 nitrogen and oxygen atoms in total. The first kappa shape index (κ1) is 22.2. The van der Waals surface area contributed by atoms with Crippen LogP contribution in [0.15, 0.2) is 47.4 Å². The number of rotatable bonds is 6. The van der Waals surface area contributed by atoms with Crippen LogP contribution in [-0.2, 0) is 21.2 Å². The molecule has 9 heteroatoms. The van der Waals surface area contributed by atoms with Crippen LogP contribution in [0.3, 0.4) is 0 Å². The fraction of sp³-hybridized carbons (Fsp3) is 0.409. The van der Waals surface area contributed by atoms with Gasteiger partial charge in [0.15, 0.2) is 0 Å². The number of halogens is 1. The van der Waals surface area contributed by atoms with E-state index in [0.29, 0.717) is 43.4 Å². The first-order valence-corrected chi connectivity index (χ1v) is 12.3. The van der Waals surface area contributed by atoms with E-state index in [2.05, 4.69) is 9.62 Å². The summed E-state index contributed by atoms with van der Waals surface area (Å²) in [5.74, 6) is -0.136. The molecule has 166 valence electrons. The molecule has 0 bridgehead atoms. The number of fused-ring (bicyclic) bond motifs is 1. The van der Waals surface area contributed by atoms with E-state index in [0.717, 1.165) is 37.2 Å². The van der Waals surface area contributed by atoms with E-state index in [1.165, 1.54) is 0 Å². The van der Waals surface area contributed by atoms with Crippen LogP contribution in [0.4, 0.5) is 5.69 Å². The summed E-state index contributed by atoms with van der Waals surface area (Å²) in [7, 11) is -3.62. The predicted octanol–water partition coefficient (Wildman–Crippen LogP) is 2.54. The Labute approximate surface area is 188 Å². The molecule has 31 heavy (non-hydrogen) atoms. The molecule has 0 atom stereocenters. The van der Waals surface area contributed by atoms with Gasteiger partial charge in [0.25, 0.3) is 5.91 Å². The molecule has 2 aromatic carbocycles. The number of hydrogen-bond acceptors (Lipinski definition) is 5. The van der Waals surface area contributed by atoms with E-state index < -0.39 is 10.0 Å². The van der Waals surface area contributed by atoms with Crippen molar-refractivity contribution in [2.24, 2.45) is 0 Å². The fourth-order valence-corrected chi connectivity index (χ4v) is 5.24. The minimum Gasteiger partial charge on any atom is -0.379 e. The number of carbonyl (C=O) groups is 1. The van der Waals surface area contributed by atoms with Gasteiger partial charge < -0.3 is 9.64 Å². The molecule has 0 saturated carbocycles. The summed E-state index contributed by atoms with van der Waals surface area (Å²) in [5, 5.41) is 0.507. The molecule has 2 aromatic rings. The number of aryl methyl sites for hydroxylation is 1. The average Bonchev–Trinajstić information content (AvgIpc) is 2.78. The number of sulfonamides is 1. The Morgan fingerprint density at radius 2 is 1.90 bits per heavy atom. The molecule has 1 amide bonds. The summed E-state index contributed by atoms with van der Waals surface area (Å²) >= 11 is 6.04. The number of ether oxygens (including phenoxy) is 1. The van der Waals surface area contributed by atoms with Crippen molar-refractivity contribution < 1.29 is 17.9 Å². The molecule has 0 spiro atoms. The molecule has 0 unspecified atom stereocenters. The summed E-state index contributed by atoms with van der Waals surface area (Å²) < 4.78 is 33.6. The second kappa shape index (κ2) is 9.67. The zero-order valence-electron chi connectivity index (χ0n) is 17.2. The van der Waals surface area contributed by atoms with Gasteiger partial charge in [0.2, 0.25) is 10.0 Å². The highest BCUT2D eigenvalue weighted by Gasteiger charge is 2.26. The Kier molecular flexibility index (Phi) is 6.93. The van der Waals surface area contributed by atoms with Crippen LogP contribution >= 0.6 is 11.6 Å². The lowest BCUT2D eigenvalue weighted by atomic mass is 10.0. The van der Waals surface area contributed by atoms with E-state index in [1.54, 1.807) is 47.4 Å². The lowest BCUT2D eigenvalue weighted by Crippen LogP contribution is -2.41. The number of nitrogens with zero attached hydrogens (tertiary/aromatic N) is 2. The molecule has 2 aliphatic rings. The molecule has 1 N–H and O–H groups in total. The van der Waals surface area contributed by atoms with Crippen LogP contribution in [0.2, 0.25) is 5.02 Å². The van der Waals surface area contributed by atoms with Gasteiger partial charge in [-0.1, -0.05) is 17.7 Å². The molecule has 4 rings (SSSR count). The fourth-order valence-electron chi connectivity index (χ4n) is 3.98. The third-order valence-electron chi connectivity index (χ3n) is 5.62. The maximum atomic E-state index is 13.0. The molecule has 2 heterocycles. The molecule has 0 aliphatic carbocycles. The van der Waals surface area contributed by atoms with Crippen LogP contribution in [0.25, 0.3) is 0 Å². The van der Waals surface area contributed by atoms with Crippen molar-refractivity contribution in [1.82, 2.24) is 9.62 Å². The highest BCUT2D eigenvalue weighted by Crippen LogP contribution is 2.31. The van der Waals surface area contributed by atoms with Gasteiger partial charge in [-0.25, -0.2) is 13.1 Å². The summed E-state index contributed by atoms with van der Waals surface area (Å²) in [4.78, 5) is 17.1. The Balaban J connectivity index is 1.47. The molecule has 0 radical (unpaired) electrons. The molecular weight excluding hydrogens is 438 g/mol. The summed E-state index contributed by atoms with van der Waals surface area (Å²) in [5.41, 5.74) is 2.13. The largest absolute Gasteiger partial charge is 0.379 e. The second-order valence-electron chi connectivity index (χ2n) is 7.71. The van der Waals surface area contributed by atoms with E-state index >= 15 is 0 Å². The standard InChI is InChI=1S/C22H26ClN3O4S/c23-19-5-1-3-18(15-19)22(27)26-9-2-4-17-16-20(6-7-21(17)26)31(28,29)24-8-10-25-11-13-30-14-12-25/h1,3,5-7,15-16,24H,2,4,8-14H2. The number of benzene rings is 2. The predicted molar refractivity (Wildman–Crippen MR) is 120 cm³/mol. The van der Waals surface area contributed by atoms with Crippen molar-refractivity contribution in [2.75, 3.05) is 50.8 Å².